The van der Waals surface area contributed by atoms with Crippen molar-refractivity contribution in [1.29, 1.82) is 0 Å². The molecule has 2 aliphatic carbocycles. The van der Waals surface area contributed by atoms with Crippen molar-refractivity contribution >= 4 is 11.8 Å². The highest BCUT2D eigenvalue weighted by Crippen LogP contribution is 2.49. The van der Waals surface area contributed by atoms with E-state index in [2.05, 4.69) is 5.32 Å². The van der Waals surface area contributed by atoms with Crippen LogP contribution in [0.25, 0.3) is 0 Å². The summed E-state index contributed by atoms with van der Waals surface area (Å²) in [4.78, 5) is 26.5. The summed E-state index contributed by atoms with van der Waals surface area (Å²) in [6, 6.07) is 4.43. The molecule has 2 saturated carbocycles. The number of hydrogen-bond acceptors (Lipinski definition) is 2. The third kappa shape index (κ3) is 4.59. The quantitative estimate of drug-likeness (QED) is 0.763. The molecule has 3 fully saturated rings. The summed E-state index contributed by atoms with van der Waals surface area (Å²) in [5, 5.41) is 2.95. The number of rotatable bonds is 6. The van der Waals surface area contributed by atoms with Crippen molar-refractivity contribution in [1.82, 2.24) is 10.2 Å². The van der Waals surface area contributed by atoms with Crippen LogP contribution in [0.15, 0.2) is 24.3 Å². The standard InChI is InChI=1S/C22H27F3N2O2/c23-22(24,25)18-4-1-3-16(11-18)19(13-27-8-2-5-21(27)29)26-20(28)12-17-10-14-6-7-15(17)9-14/h1,3-4,11,14-15,17,19H,2,5-10,12-13H2,(H,26,28). The third-order valence-electron chi connectivity index (χ3n) is 6.86. The van der Waals surface area contributed by atoms with Crippen LogP contribution in [0.5, 0.6) is 0 Å². The fraction of sp³-hybridized carbons (Fsp3) is 0.636. The number of benzene rings is 1. The number of alkyl halides is 3. The molecule has 4 atom stereocenters. The van der Waals surface area contributed by atoms with Gasteiger partial charge in [0, 0.05) is 25.9 Å². The number of nitrogens with zero attached hydrogens (tertiary/aromatic N) is 1. The summed E-state index contributed by atoms with van der Waals surface area (Å²) in [7, 11) is 0. The second-order valence-corrected chi connectivity index (χ2v) is 8.83. The van der Waals surface area contributed by atoms with Gasteiger partial charge in [0.15, 0.2) is 0 Å². The zero-order valence-electron chi connectivity index (χ0n) is 16.4. The van der Waals surface area contributed by atoms with Gasteiger partial charge in [-0.25, -0.2) is 0 Å². The summed E-state index contributed by atoms with van der Waals surface area (Å²) >= 11 is 0. The van der Waals surface area contributed by atoms with Gasteiger partial charge in [-0.05, 0) is 61.1 Å². The molecule has 2 bridgehead atoms. The van der Waals surface area contributed by atoms with Crippen LogP contribution in [-0.2, 0) is 15.8 Å². The monoisotopic (exact) mass is 408 g/mol. The minimum atomic E-state index is -4.45. The van der Waals surface area contributed by atoms with Crippen LogP contribution in [0.2, 0.25) is 0 Å². The second kappa shape index (κ2) is 8.00. The molecule has 1 aromatic rings. The molecule has 1 aromatic carbocycles. The second-order valence-electron chi connectivity index (χ2n) is 8.83. The highest BCUT2D eigenvalue weighted by Gasteiger charge is 2.40. The Morgan fingerprint density at radius 3 is 2.69 bits per heavy atom. The number of halogens is 3. The minimum absolute atomic E-state index is 0.00988. The average molecular weight is 408 g/mol. The molecule has 1 saturated heterocycles. The lowest BCUT2D eigenvalue weighted by atomic mass is 9.86. The SMILES string of the molecule is O=C(CC1CC2CCC1C2)NC(CN1CCCC1=O)c1cccc(C(F)(F)F)c1. The van der Waals surface area contributed by atoms with Gasteiger partial charge in [-0.2, -0.15) is 13.2 Å². The van der Waals surface area contributed by atoms with Gasteiger partial charge in [-0.1, -0.05) is 18.6 Å². The molecule has 0 radical (unpaired) electrons. The largest absolute Gasteiger partial charge is 0.416 e. The van der Waals surface area contributed by atoms with Crippen molar-refractivity contribution in [2.45, 2.75) is 57.2 Å². The molecule has 0 spiro atoms. The fourth-order valence-corrected chi connectivity index (χ4v) is 5.40. The minimum Gasteiger partial charge on any atom is -0.347 e. The Bertz CT molecular complexity index is 780. The van der Waals surface area contributed by atoms with E-state index in [9.17, 15) is 22.8 Å². The van der Waals surface area contributed by atoms with E-state index in [4.69, 9.17) is 0 Å². The number of likely N-dealkylation sites (tertiary alicyclic amines) is 1. The van der Waals surface area contributed by atoms with Gasteiger partial charge in [-0.3, -0.25) is 9.59 Å². The van der Waals surface area contributed by atoms with E-state index in [1.807, 2.05) is 0 Å². The first-order valence-electron chi connectivity index (χ1n) is 10.5. The number of nitrogens with one attached hydrogen (secondary N) is 1. The van der Waals surface area contributed by atoms with Crippen LogP contribution in [0.4, 0.5) is 13.2 Å². The van der Waals surface area contributed by atoms with Crippen LogP contribution in [0.3, 0.4) is 0 Å². The van der Waals surface area contributed by atoms with Crippen LogP contribution in [-0.4, -0.2) is 29.8 Å². The first-order valence-corrected chi connectivity index (χ1v) is 10.5. The number of amides is 2. The van der Waals surface area contributed by atoms with Crippen LogP contribution in [0, 0.1) is 17.8 Å². The predicted octanol–water partition coefficient (Wildman–Crippen LogP) is 4.31. The molecule has 29 heavy (non-hydrogen) atoms. The molecular formula is C22H27F3N2O2. The van der Waals surface area contributed by atoms with E-state index < -0.39 is 17.8 Å². The third-order valence-corrected chi connectivity index (χ3v) is 6.86. The Labute approximate surface area is 168 Å². The summed E-state index contributed by atoms with van der Waals surface area (Å²) in [6.45, 7) is 0.791. The van der Waals surface area contributed by atoms with Gasteiger partial charge < -0.3 is 10.2 Å². The summed E-state index contributed by atoms with van der Waals surface area (Å²) < 4.78 is 39.5. The van der Waals surface area contributed by atoms with Crippen molar-refractivity contribution in [2.75, 3.05) is 13.1 Å². The first kappa shape index (κ1) is 20.2. The van der Waals surface area contributed by atoms with E-state index in [0.717, 1.165) is 30.9 Å². The van der Waals surface area contributed by atoms with Gasteiger partial charge in [-0.15, -0.1) is 0 Å². The van der Waals surface area contributed by atoms with E-state index in [0.29, 0.717) is 36.8 Å². The number of fused-ring (bicyclic) bond motifs is 2. The van der Waals surface area contributed by atoms with Crippen molar-refractivity contribution < 1.29 is 22.8 Å². The maximum atomic E-state index is 13.2. The Balaban J connectivity index is 1.49. The summed E-state index contributed by atoms with van der Waals surface area (Å²) in [5.74, 6) is 1.59. The van der Waals surface area contributed by atoms with E-state index in [1.165, 1.54) is 25.3 Å². The van der Waals surface area contributed by atoms with E-state index in [1.54, 1.807) is 11.0 Å². The molecule has 2 amide bonds. The Morgan fingerprint density at radius 2 is 2.07 bits per heavy atom. The van der Waals surface area contributed by atoms with Crippen molar-refractivity contribution in [3.8, 4) is 0 Å². The predicted molar refractivity (Wildman–Crippen MR) is 102 cm³/mol. The molecule has 1 N–H and O–H groups in total. The number of carbonyl (C=O) groups excluding carboxylic acids is 2. The highest BCUT2D eigenvalue weighted by atomic mass is 19.4. The average Bonchev–Trinajstić information content (AvgIpc) is 3.38. The fourth-order valence-electron chi connectivity index (χ4n) is 5.40. The summed E-state index contributed by atoms with van der Waals surface area (Å²) in [6.07, 6.45) is 1.90. The van der Waals surface area contributed by atoms with Crippen LogP contribution < -0.4 is 5.32 Å². The number of hydrogen-bond donors (Lipinski definition) is 1. The molecule has 158 valence electrons. The molecule has 4 unspecified atom stereocenters. The normalized spacial score (nSPS) is 27.5. The maximum absolute atomic E-state index is 13.2. The van der Waals surface area contributed by atoms with E-state index in [-0.39, 0.29) is 18.4 Å². The maximum Gasteiger partial charge on any atom is 0.416 e. The van der Waals surface area contributed by atoms with Gasteiger partial charge in [0.1, 0.15) is 0 Å². The molecule has 3 aliphatic rings. The molecular weight excluding hydrogens is 381 g/mol. The molecule has 7 heteroatoms. The first-order chi connectivity index (χ1) is 13.8. The zero-order chi connectivity index (χ0) is 20.6. The molecule has 4 rings (SSSR count). The van der Waals surface area contributed by atoms with Crippen molar-refractivity contribution in [3.63, 3.8) is 0 Å². The van der Waals surface area contributed by atoms with Gasteiger partial charge in [0.05, 0.1) is 11.6 Å². The van der Waals surface area contributed by atoms with Crippen molar-refractivity contribution in [2.24, 2.45) is 17.8 Å². The van der Waals surface area contributed by atoms with Crippen LogP contribution in [0.1, 0.15) is 62.1 Å². The van der Waals surface area contributed by atoms with Gasteiger partial charge in [0.2, 0.25) is 11.8 Å². The lowest BCUT2D eigenvalue weighted by molar-refractivity contribution is -0.137. The lowest BCUT2D eigenvalue weighted by Gasteiger charge is -2.27. The highest BCUT2D eigenvalue weighted by molar-refractivity contribution is 5.79. The molecule has 0 aromatic heterocycles. The van der Waals surface area contributed by atoms with Gasteiger partial charge in [0.25, 0.3) is 0 Å². The van der Waals surface area contributed by atoms with Gasteiger partial charge >= 0.3 is 6.18 Å². The topological polar surface area (TPSA) is 49.4 Å². The van der Waals surface area contributed by atoms with Crippen molar-refractivity contribution in [3.05, 3.63) is 35.4 Å². The Kier molecular flexibility index (Phi) is 5.58. The molecule has 1 aliphatic heterocycles. The smallest absolute Gasteiger partial charge is 0.347 e. The molecule has 4 nitrogen and oxygen atoms in total. The zero-order valence-corrected chi connectivity index (χ0v) is 16.4. The summed E-state index contributed by atoms with van der Waals surface area (Å²) in [5.41, 5.74) is -0.351. The van der Waals surface area contributed by atoms with E-state index >= 15 is 0 Å². The molecule has 1 heterocycles. The number of carbonyl (C=O) groups is 2. The Morgan fingerprint density at radius 1 is 1.24 bits per heavy atom. The van der Waals surface area contributed by atoms with Crippen LogP contribution >= 0.6 is 0 Å². The lowest BCUT2D eigenvalue weighted by Crippen LogP contribution is -2.39. The Hall–Kier alpha value is -2.05.